The summed E-state index contributed by atoms with van der Waals surface area (Å²) in [5.74, 6) is -2.72. The number of para-hydroxylation sites is 1. The Morgan fingerprint density at radius 1 is 1.22 bits per heavy atom. The average Bonchev–Trinajstić information content (AvgIpc) is 3.39. The van der Waals surface area contributed by atoms with E-state index >= 15 is 0 Å². The molecule has 1 aliphatic carbocycles. The molecule has 1 saturated heterocycles. The van der Waals surface area contributed by atoms with E-state index in [1.165, 1.54) is 23.1 Å². The van der Waals surface area contributed by atoms with Gasteiger partial charge in [0.15, 0.2) is 0 Å². The minimum atomic E-state index is -4.82. The van der Waals surface area contributed by atoms with Crippen molar-refractivity contribution in [2.24, 2.45) is 5.92 Å². The van der Waals surface area contributed by atoms with Gasteiger partial charge in [-0.15, -0.1) is 13.2 Å². The SMILES string of the molecule is O=C(O)CN(C(=O)[C@@H]1C[C@H]1c1ccccc1OC(F)(F)F)C1CCOCC1. The zero-order valence-electron chi connectivity index (χ0n) is 14.4. The molecule has 0 unspecified atom stereocenters. The van der Waals surface area contributed by atoms with Crippen LogP contribution in [0.1, 0.15) is 30.7 Å². The maximum absolute atomic E-state index is 12.9. The van der Waals surface area contributed by atoms with E-state index in [0.29, 0.717) is 38.0 Å². The zero-order valence-corrected chi connectivity index (χ0v) is 14.4. The number of benzene rings is 1. The molecule has 1 aromatic carbocycles. The third kappa shape index (κ3) is 4.91. The molecule has 1 saturated carbocycles. The maximum atomic E-state index is 12.9. The molecule has 1 amide bonds. The lowest BCUT2D eigenvalue weighted by molar-refractivity contribution is -0.274. The summed E-state index contributed by atoms with van der Waals surface area (Å²) in [6.07, 6.45) is -3.35. The number of carboxylic acids is 1. The second-order valence-corrected chi connectivity index (χ2v) is 6.74. The number of nitrogens with zero attached hydrogens (tertiary/aromatic N) is 1. The summed E-state index contributed by atoms with van der Waals surface area (Å²) >= 11 is 0. The van der Waals surface area contributed by atoms with Gasteiger partial charge in [0.05, 0.1) is 0 Å². The summed E-state index contributed by atoms with van der Waals surface area (Å²) < 4.78 is 47.1. The number of rotatable bonds is 6. The quantitative estimate of drug-likeness (QED) is 0.812. The first-order valence-electron chi connectivity index (χ1n) is 8.71. The number of alkyl halides is 3. The van der Waals surface area contributed by atoms with Crippen LogP contribution in [0.3, 0.4) is 0 Å². The Kier molecular flexibility index (Phi) is 5.59. The number of carboxylic acid groups (broad SMARTS) is 1. The number of amides is 1. The Morgan fingerprint density at radius 2 is 1.89 bits per heavy atom. The van der Waals surface area contributed by atoms with Gasteiger partial charge in [-0.2, -0.15) is 0 Å². The molecule has 1 heterocycles. The molecular weight excluding hydrogens is 367 g/mol. The van der Waals surface area contributed by atoms with Crippen LogP contribution >= 0.6 is 0 Å². The fourth-order valence-electron chi connectivity index (χ4n) is 3.56. The average molecular weight is 387 g/mol. The number of hydrogen-bond acceptors (Lipinski definition) is 4. The molecule has 1 aromatic rings. The van der Waals surface area contributed by atoms with Crippen LogP contribution in [0.4, 0.5) is 13.2 Å². The molecule has 27 heavy (non-hydrogen) atoms. The molecule has 2 aliphatic rings. The van der Waals surface area contributed by atoms with Gasteiger partial charge in [0.1, 0.15) is 12.3 Å². The molecule has 6 nitrogen and oxygen atoms in total. The molecule has 3 rings (SSSR count). The lowest BCUT2D eigenvalue weighted by atomic mass is 10.0. The number of aliphatic carboxylic acids is 1. The highest BCUT2D eigenvalue weighted by molar-refractivity contribution is 5.86. The first-order chi connectivity index (χ1) is 12.8. The Bertz CT molecular complexity index is 702. The first-order valence-corrected chi connectivity index (χ1v) is 8.71. The molecule has 0 aromatic heterocycles. The van der Waals surface area contributed by atoms with Crippen LogP contribution in [0, 0.1) is 5.92 Å². The van der Waals surface area contributed by atoms with Crippen LogP contribution in [0.15, 0.2) is 24.3 Å². The van der Waals surface area contributed by atoms with E-state index in [-0.39, 0.29) is 17.7 Å². The molecule has 148 valence electrons. The Hall–Kier alpha value is -2.29. The predicted octanol–water partition coefficient (Wildman–Crippen LogP) is 2.78. The van der Waals surface area contributed by atoms with E-state index in [1.807, 2.05) is 0 Å². The van der Waals surface area contributed by atoms with Crippen molar-refractivity contribution < 1.29 is 37.3 Å². The highest BCUT2D eigenvalue weighted by atomic mass is 19.4. The normalized spacial score (nSPS) is 22.9. The van der Waals surface area contributed by atoms with Crippen molar-refractivity contribution in [3.05, 3.63) is 29.8 Å². The summed E-state index contributed by atoms with van der Waals surface area (Å²) in [6.45, 7) is 0.474. The fraction of sp³-hybridized carbons (Fsp3) is 0.556. The van der Waals surface area contributed by atoms with Gasteiger partial charge in [0.2, 0.25) is 5.91 Å². The van der Waals surface area contributed by atoms with Gasteiger partial charge in [0, 0.05) is 25.2 Å². The summed E-state index contributed by atoms with van der Waals surface area (Å²) in [4.78, 5) is 25.4. The summed E-state index contributed by atoms with van der Waals surface area (Å²) in [5, 5.41) is 9.15. The van der Waals surface area contributed by atoms with Crippen molar-refractivity contribution in [2.45, 2.75) is 37.6 Å². The highest BCUT2D eigenvalue weighted by Gasteiger charge is 2.49. The van der Waals surface area contributed by atoms with Gasteiger partial charge in [-0.1, -0.05) is 18.2 Å². The van der Waals surface area contributed by atoms with Crippen LogP contribution in [0.2, 0.25) is 0 Å². The summed E-state index contributed by atoms with van der Waals surface area (Å²) in [7, 11) is 0. The molecule has 2 fully saturated rings. The zero-order chi connectivity index (χ0) is 19.6. The van der Waals surface area contributed by atoms with Gasteiger partial charge in [-0.05, 0) is 36.8 Å². The lowest BCUT2D eigenvalue weighted by Crippen LogP contribution is -2.46. The molecule has 9 heteroatoms. The van der Waals surface area contributed by atoms with Crippen molar-refractivity contribution >= 4 is 11.9 Å². The smallest absolute Gasteiger partial charge is 0.480 e. The van der Waals surface area contributed by atoms with Gasteiger partial charge in [-0.3, -0.25) is 9.59 Å². The topological polar surface area (TPSA) is 76.1 Å². The van der Waals surface area contributed by atoms with Crippen molar-refractivity contribution in [3.8, 4) is 5.75 Å². The number of hydrogen-bond donors (Lipinski definition) is 1. The monoisotopic (exact) mass is 387 g/mol. The fourth-order valence-corrected chi connectivity index (χ4v) is 3.56. The van der Waals surface area contributed by atoms with Crippen LogP contribution < -0.4 is 4.74 Å². The summed E-state index contributed by atoms with van der Waals surface area (Å²) in [5.41, 5.74) is 0.315. The molecule has 1 aliphatic heterocycles. The van der Waals surface area contributed by atoms with E-state index in [9.17, 15) is 22.8 Å². The van der Waals surface area contributed by atoms with Crippen LogP contribution in [-0.2, 0) is 14.3 Å². The molecule has 2 atom stereocenters. The minimum absolute atomic E-state index is 0.231. The largest absolute Gasteiger partial charge is 0.573 e. The van der Waals surface area contributed by atoms with Gasteiger partial charge >= 0.3 is 12.3 Å². The number of carbonyl (C=O) groups excluding carboxylic acids is 1. The van der Waals surface area contributed by atoms with E-state index in [0.717, 1.165) is 0 Å². The van der Waals surface area contributed by atoms with Crippen LogP contribution in [0.5, 0.6) is 5.75 Å². The molecule has 0 bridgehead atoms. The molecule has 0 spiro atoms. The minimum Gasteiger partial charge on any atom is -0.480 e. The van der Waals surface area contributed by atoms with E-state index < -0.39 is 30.7 Å². The predicted molar refractivity (Wildman–Crippen MR) is 87.2 cm³/mol. The van der Waals surface area contributed by atoms with Crippen molar-refractivity contribution in [3.63, 3.8) is 0 Å². The standard InChI is InChI=1S/C18H20F3NO5/c19-18(20,21)27-15-4-2-1-3-12(15)13-9-14(13)17(25)22(10-16(23)24)11-5-7-26-8-6-11/h1-4,11,13-14H,5-10H2,(H,23,24)/t13-,14+/m0/s1. The maximum Gasteiger partial charge on any atom is 0.573 e. The number of ether oxygens (including phenoxy) is 2. The summed E-state index contributed by atoms with van der Waals surface area (Å²) in [6, 6.07) is 5.52. The van der Waals surface area contributed by atoms with Crippen molar-refractivity contribution in [1.29, 1.82) is 0 Å². The van der Waals surface area contributed by atoms with E-state index in [1.54, 1.807) is 6.07 Å². The number of halogens is 3. The van der Waals surface area contributed by atoms with Crippen molar-refractivity contribution in [1.82, 2.24) is 4.90 Å². The van der Waals surface area contributed by atoms with Gasteiger partial charge < -0.3 is 19.5 Å². The lowest BCUT2D eigenvalue weighted by Gasteiger charge is -2.33. The van der Waals surface area contributed by atoms with Gasteiger partial charge in [0.25, 0.3) is 0 Å². The van der Waals surface area contributed by atoms with E-state index in [2.05, 4.69) is 4.74 Å². The third-order valence-corrected chi connectivity index (χ3v) is 4.87. The second kappa shape index (κ2) is 7.75. The van der Waals surface area contributed by atoms with Crippen LogP contribution in [0.25, 0.3) is 0 Å². The van der Waals surface area contributed by atoms with E-state index in [4.69, 9.17) is 9.84 Å². The Labute approximate surface area is 153 Å². The van der Waals surface area contributed by atoms with Crippen LogP contribution in [-0.4, -0.2) is 54.0 Å². The molecular formula is C18H20F3NO5. The molecule has 1 N–H and O–H groups in total. The Balaban J connectivity index is 1.74. The van der Waals surface area contributed by atoms with Crippen molar-refractivity contribution in [2.75, 3.05) is 19.8 Å². The van der Waals surface area contributed by atoms with Gasteiger partial charge in [-0.25, -0.2) is 0 Å². The Morgan fingerprint density at radius 3 is 2.52 bits per heavy atom. The third-order valence-electron chi connectivity index (χ3n) is 4.87. The molecule has 0 radical (unpaired) electrons. The first kappa shape index (κ1) is 19.5. The highest BCUT2D eigenvalue weighted by Crippen LogP contribution is 2.52. The number of carbonyl (C=O) groups is 2. The second-order valence-electron chi connectivity index (χ2n) is 6.74.